The Morgan fingerprint density at radius 3 is 2.45 bits per heavy atom. The standard InChI is InChI=1S/C16H20N2O2/c1-4-5-11-6-8-12(9-7-11)16(2,3)14-10-13(15(19)20)17-18-14/h6-10H,4-5H2,1-3H3,(H,17,18)(H,19,20). The van der Waals surface area contributed by atoms with Crippen LogP contribution in [-0.2, 0) is 11.8 Å². The lowest BCUT2D eigenvalue weighted by Gasteiger charge is -2.23. The van der Waals surface area contributed by atoms with Crippen LogP contribution in [0.5, 0.6) is 0 Å². The molecule has 0 spiro atoms. The smallest absolute Gasteiger partial charge is 0.356 e. The number of H-pyrrole nitrogens is 1. The molecular weight excluding hydrogens is 252 g/mol. The fourth-order valence-corrected chi connectivity index (χ4v) is 2.28. The second kappa shape index (κ2) is 5.49. The van der Waals surface area contributed by atoms with Crippen LogP contribution < -0.4 is 0 Å². The molecule has 1 heterocycles. The molecule has 0 unspecified atom stereocenters. The Morgan fingerprint density at radius 1 is 1.30 bits per heavy atom. The third-order valence-electron chi connectivity index (χ3n) is 3.68. The van der Waals surface area contributed by atoms with Crippen molar-refractivity contribution in [2.24, 2.45) is 0 Å². The van der Waals surface area contributed by atoms with Crippen LogP contribution in [0.3, 0.4) is 0 Å². The first kappa shape index (κ1) is 14.3. The molecule has 0 fully saturated rings. The highest BCUT2D eigenvalue weighted by molar-refractivity contribution is 5.85. The van der Waals surface area contributed by atoms with Crippen LogP contribution in [0.4, 0.5) is 0 Å². The average Bonchev–Trinajstić information content (AvgIpc) is 2.90. The van der Waals surface area contributed by atoms with Gasteiger partial charge in [-0.1, -0.05) is 51.5 Å². The molecule has 1 aromatic carbocycles. The Balaban J connectivity index is 2.30. The first-order valence-corrected chi connectivity index (χ1v) is 6.83. The summed E-state index contributed by atoms with van der Waals surface area (Å²) in [5.41, 5.74) is 3.01. The van der Waals surface area contributed by atoms with Crippen LogP contribution in [0.2, 0.25) is 0 Å². The van der Waals surface area contributed by atoms with E-state index in [0.29, 0.717) is 0 Å². The van der Waals surface area contributed by atoms with Crippen LogP contribution in [-0.4, -0.2) is 21.3 Å². The molecule has 4 nitrogen and oxygen atoms in total. The van der Waals surface area contributed by atoms with E-state index in [0.717, 1.165) is 24.1 Å². The van der Waals surface area contributed by atoms with E-state index in [-0.39, 0.29) is 11.1 Å². The summed E-state index contributed by atoms with van der Waals surface area (Å²) in [7, 11) is 0. The van der Waals surface area contributed by atoms with Crippen molar-refractivity contribution in [2.45, 2.75) is 39.0 Å². The van der Waals surface area contributed by atoms with E-state index in [1.807, 2.05) is 0 Å². The van der Waals surface area contributed by atoms with Gasteiger partial charge in [-0.15, -0.1) is 0 Å². The minimum atomic E-state index is -1.01. The number of rotatable bonds is 5. The van der Waals surface area contributed by atoms with Crippen molar-refractivity contribution in [2.75, 3.05) is 0 Å². The molecule has 2 N–H and O–H groups in total. The number of benzene rings is 1. The largest absolute Gasteiger partial charge is 0.476 e. The van der Waals surface area contributed by atoms with E-state index < -0.39 is 5.97 Å². The molecule has 0 saturated heterocycles. The highest BCUT2D eigenvalue weighted by atomic mass is 16.4. The molecule has 0 saturated carbocycles. The number of aromatic nitrogens is 2. The van der Waals surface area contributed by atoms with E-state index >= 15 is 0 Å². The number of aromatic carboxylic acids is 1. The van der Waals surface area contributed by atoms with Crippen molar-refractivity contribution < 1.29 is 9.90 Å². The first-order chi connectivity index (χ1) is 9.45. The second-order valence-electron chi connectivity index (χ2n) is 5.54. The van der Waals surface area contributed by atoms with Gasteiger partial charge in [0, 0.05) is 11.1 Å². The van der Waals surface area contributed by atoms with Crippen LogP contribution in [0, 0.1) is 0 Å². The highest BCUT2D eigenvalue weighted by Crippen LogP contribution is 2.30. The third-order valence-corrected chi connectivity index (χ3v) is 3.68. The summed E-state index contributed by atoms with van der Waals surface area (Å²) in [5, 5.41) is 15.6. The average molecular weight is 272 g/mol. The van der Waals surface area contributed by atoms with Gasteiger partial charge in [0.1, 0.15) is 0 Å². The molecule has 0 radical (unpaired) electrons. The van der Waals surface area contributed by atoms with Gasteiger partial charge in [-0.05, 0) is 23.6 Å². The van der Waals surface area contributed by atoms with Gasteiger partial charge in [-0.2, -0.15) is 5.10 Å². The van der Waals surface area contributed by atoms with E-state index in [9.17, 15) is 4.79 Å². The molecule has 0 aliphatic carbocycles. The molecule has 1 aromatic heterocycles. The van der Waals surface area contributed by atoms with Gasteiger partial charge in [0.25, 0.3) is 0 Å². The van der Waals surface area contributed by atoms with Gasteiger partial charge in [-0.3, -0.25) is 5.10 Å². The lowest BCUT2D eigenvalue weighted by Crippen LogP contribution is -2.19. The maximum Gasteiger partial charge on any atom is 0.356 e. The number of nitrogens with zero attached hydrogens (tertiary/aromatic N) is 1. The summed E-state index contributed by atoms with van der Waals surface area (Å²) in [4.78, 5) is 10.9. The maximum atomic E-state index is 10.9. The van der Waals surface area contributed by atoms with Crippen molar-refractivity contribution in [3.8, 4) is 0 Å². The summed E-state index contributed by atoms with van der Waals surface area (Å²) in [6, 6.07) is 10.1. The van der Waals surface area contributed by atoms with Gasteiger partial charge < -0.3 is 5.11 Å². The van der Waals surface area contributed by atoms with Crippen molar-refractivity contribution >= 4 is 5.97 Å². The molecule has 106 valence electrons. The minimum Gasteiger partial charge on any atom is -0.476 e. The van der Waals surface area contributed by atoms with Crippen molar-refractivity contribution in [3.05, 3.63) is 52.8 Å². The monoisotopic (exact) mass is 272 g/mol. The molecule has 0 aliphatic heterocycles. The Labute approximate surface area is 118 Å². The number of carboxylic acids is 1. The number of nitrogens with one attached hydrogen (secondary N) is 1. The fourth-order valence-electron chi connectivity index (χ4n) is 2.28. The van der Waals surface area contributed by atoms with Crippen molar-refractivity contribution in [1.29, 1.82) is 0 Å². The summed E-state index contributed by atoms with van der Waals surface area (Å²) in [6.45, 7) is 6.28. The van der Waals surface area contributed by atoms with Crippen LogP contribution in [0.15, 0.2) is 30.3 Å². The predicted octanol–water partition coefficient (Wildman–Crippen LogP) is 3.39. The number of aryl methyl sites for hydroxylation is 1. The molecule has 4 heteroatoms. The lowest BCUT2D eigenvalue weighted by atomic mass is 9.81. The van der Waals surface area contributed by atoms with E-state index in [1.165, 1.54) is 5.56 Å². The summed E-state index contributed by atoms with van der Waals surface area (Å²) in [5.74, 6) is -1.01. The molecular formula is C16H20N2O2. The van der Waals surface area contributed by atoms with Gasteiger partial charge in [0.2, 0.25) is 0 Å². The molecule has 2 aromatic rings. The molecule has 0 aliphatic rings. The second-order valence-corrected chi connectivity index (χ2v) is 5.54. The number of hydrogen-bond acceptors (Lipinski definition) is 2. The predicted molar refractivity (Wildman–Crippen MR) is 78.1 cm³/mol. The molecule has 0 bridgehead atoms. The van der Waals surface area contributed by atoms with Gasteiger partial charge >= 0.3 is 5.97 Å². The van der Waals surface area contributed by atoms with Crippen molar-refractivity contribution in [1.82, 2.24) is 10.2 Å². The Kier molecular flexibility index (Phi) is 3.93. The fraction of sp³-hybridized carbons (Fsp3) is 0.375. The topological polar surface area (TPSA) is 66.0 Å². The molecule has 0 amide bonds. The van der Waals surface area contributed by atoms with Gasteiger partial charge in [0.05, 0.1) is 0 Å². The zero-order chi connectivity index (χ0) is 14.8. The first-order valence-electron chi connectivity index (χ1n) is 6.83. The zero-order valence-corrected chi connectivity index (χ0v) is 12.1. The number of carbonyl (C=O) groups is 1. The van der Waals surface area contributed by atoms with Crippen LogP contribution >= 0.6 is 0 Å². The molecule has 2 rings (SSSR count). The van der Waals surface area contributed by atoms with E-state index in [4.69, 9.17) is 5.11 Å². The summed E-state index contributed by atoms with van der Waals surface area (Å²) >= 11 is 0. The van der Waals surface area contributed by atoms with E-state index in [1.54, 1.807) is 6.07 Å². The quantitative estimate of drug-likeness (QED) is 0.876. The summed E-state index contributed by atoms with van der Waals surface area (Å²) in [6.07, 6.45) is 2.21. The highest BCUT2D eigenvalue weighted by Gasteiger charge is 2.26. The Hall–Kier alpha value is -2.10. The Morgan fingerprint density at radius 2 is 1.95 bits per heavy atom. The molecule has 20 heavy (non-hydrogen) atoms. The molecule has 0 atom stereocenters. The summed E-state index contributed by atoms with van der Waals surface area (Å²) < 4.78 is 0. The SMILES string of the molecule is CCCc1ccc(C(C)(C)c2cc(C(=O)O)n[nH]2)cc1. The van der Waals surface area contributed by atoms with Gasteiger partial charge in [-0.25, -0.2) is 4.79 Å². The van der Waals surface area contributed by atoms with E-state index in [2.05, 4.69) is 55.2 Å². The zero-order valence-electron chi connectivity index (χ0n) is 12.1. The normalized spacial score (nSPS) is 11.6. The number of carboxylic acid groups (broad SMARTS) is 1. The third kappa shape index (κ3) is 2.74. The number of aromatic amines is 1. The van der Waals surface area contributed by atoms with Crippen LogP contribution in [0.25, 0.3) is 0 Å². The van der Waals surface area contributed by atoms with Crippen LogP contribution in [0.1, 0.15) is 54.5 Å². The lowest BCUT2D eigenvalue weighted by molar-refractivity contribution is 0.0690. The van der Waals surface area contributed by atoms with Gasteiger partial charge in [0.15, 0.2) is 5.69 Å². The number of hydrogen-bond donors (Lipinski definition) is 2. The minimum absolute atomic E-state index is 0.0516. The van der Waals surface area contributed by atoms with Crippen molar-refractivity contribution in [3.63, 3.8) is 0 Å². The Bertz CT molecular complexity index is 597. The maximum absolute atomic E-state index is 10.9.